The summed E-state index contributed by atoms with van der Waals surface area (Å²) in [6.07, 6.45) is 3.70. The van der Waals surface area contributed by atoms with Gasteiger partial charge in [0, 0.05) is 13.1 Å². The number of carbonyl (C=O) groups excluding carboxylic acids is 1. The molecule has 1 saturated carbocycles. The molecule has 0 radical (unpaired) electrons. The van der Waals surface area contributed by atoms with Crippen molar-refractivity contribution in [1.82, 2.24) is 10.2 Å². The molecule has 132 valence electrons. The van der Waals surface area contributed by atoms with Crippen LogP contribution in [0.5, 0.6) is 0 Å². The van der Waals surface area contributed by atoms with E-state index in [1.165, 1.54) is 0 Å². The van der Waals surface area contributed by atoms with Gasteiger partial charge >= 0.3 is 0 Å². The maximum atomic E-state index is 12.0. The third-order valence-electron chi connectivity index (χ3n) is 5.48. The Hall–Kier alpha value is -1.43. The van der Waals surface area contributed by atoms with E-state index in [4.69, 9.17) is 0 Å². The van der Waals surface area contributed by atoms with Gasteiger partial charge in [0.1, 0.15) is 5.60 Å². The average Bonchev–Trinajstić information content (AvgIpc) is 2.59. The third-order valence-corrected chi connectivity index (χ3v) is 5.48. The van der Waals surface area contributed by atoms with Gasteiger partial charge in [0.15, 0.2) is 0 Å². The van der Waals surface area contributed by atoms with Crippen molar-refractivity contribution in [3.63, 3.8) is 0 Å². The van der Waals surface area contributed by atoms with E-state index in [2.05, 4.69) is 10.2 Å². The highest BCUT2D eigenvalue weighted by atomic mass is 16.3. The smallest absolute Gasteiger partial charge is 0.251 e. The van der Waals surface area contributed by atoms with Crippen molar-refractivity contribution < 1.29 is 15.0 Å². The largest absolute Gasteiger partial charge is 0.387 e. The number of benzene rings is 1. The number of β-amino-alcohol motifs (C(OH)–C–C–N with tert-alkyl or cyclic N) is 1. The fourth-order valence-electron chi connectivity index (χ4n) is 3.54. The summed E-state index contributed by atoms with van der Waals surface area (Å²) in [5.41, 5.74) is -0.138. The zero-order chi connectivity index (χ0) is 17.0. The van der Waals surface area contributed by atoms with Crippen LogP contribution in [0.25, 0.3) is 0 Å². The standard InChI is InChI=1S/C19H28N2O3/c22-17(16-5-2-1-3-6-16)14-21-11-7-15(8-12-21)13-20-18(23)19(24)9-4-10-19/h1-3,5-6,15,17,22,24H,4,7-14H2,(H,20,23)/t17-/m1/s1. The maximum Gasteiger partial charge on any atom is 0.251 e. The van der Waals surface area contributed by atoms with E-state index >= 15 is 0 Å². The summed E-state index contributed by atoms with van der Waals surface area (Å²) in [5.74, 6) is 0.262. The monoisotopic (exact) mass is 332 g/mol. The molecular weight excluding hydrogens is 304 g/mol. The quantitative estimate of drug-likeness (QED) is 0.737. The molecule has 1 saturated heterocycles. The summed E-state index contributed by atoms with van der Waals surface area (Å²) in [5, 5.41) is 23.2. The first-order valence-electron chi connectivity index (χ1n) is 9.03. The summed E-state index contributed by atoms with van der Waals surface area (Å²) in [7, 11) is 0. The number of piperidine rings is 1. The molecule has 24 heavy (non-hydrogen) atoms. The molecule has 3 rings (SSSR count). The molecular formula is C19H28N2O3. The van der Waals surface area contributed by atoms with E-state index in [0.717, 1.165) is 37.9 Å². The minimum Gasteiger partial charge on any atom is -0.387 e. The van der Waals surface area contributed by atoms with Crippen molar-refractivity contribution in [3.05, 3.63) is 35.9 Å². The van der Waals surface area contributed by atoms with Crippen LogP contribution in [0.4, 0.5) is 0 Å². The first-order chi connectivity index (χ1) is 11.6. The number of nitrogens with one attached hydrogen (secondary N) is 1. The van der Waals surface area contributed by atoms with Crippen LogP contribution in [0.3, 0.4) is 0 Å². The number of carbonyl (C=O) groups is 1. The van der Waals surface area contributed by atoms with Crippen LogP contribution in [0, 0.1) is 5.92 Å². The molecule has 1 aliphatic carbocycles. The molecule has 3 N–H and O–H groups in total. The van der Waals surface area contributed by atoms with E-state index in [1.807, 2.05) is 30.3 Å². The molecule has 1 aliphatic heterocycles. The Morgan fingerprint density at radius 3 is 2.50 bits per heavy atom. The highest BCUT2D eigenvalue weighted by Crippen LogP contribution is 2.31. The predicted octanol–water partition coefficient (Wildman–Crippen LogP) is 1.46. The van der Waals surface area contributed by atoms with Gasteiger partial charge in [-0.1, -0.05) is 30.3 Å². The summed E-state index contributed by atoms with van der Waals surface area (Å²) < 4.78 is 0. The van der Waals surface area contributed by atoms with Gasteiger partial charge in [0.25, 0.3) is 5.91 Å². The maximum absolute atomic E-state index is 12.0. The van der Waals surface area contributed by atoms with Crippen LogP contribution in [0.15, 0.2) is 30.3 Å². The lowest BCUT2D eigenvalue weighted by molar-refractivity contribution is -0.148. The fourth-order valence-corrected chi connectivity index (χ4v) is 3.54. The number of hydrogen-bond donors (Lipinski definition) is 3. The van der Waals surface area contributed by atoms with Crippen molar-refractivity contribution >= 4 is 5.91 Å². The zero-order valence-corrected chi connectivity index (χ0v) is 14.2. The number of rotatable bonds is 6. The lowest BCUT2D eigenvalue weighted by Gasteiger charge is -2.36. The van der Waals surface area contributed by atoms with E-state index in [-0.39, 0.29) is 5.91 Å². The Morgan fingerprint density at radius 1 is 1.25 bits per heavy atom. The topological polar surface area (TPSA) is 72.8 Å². The van der Waals surface area contributed by atoms with Crippen molar-refractivity contribution in [2.24, 2.45) is 5.92 Å². The van der Waals surface area contributed by atoms with Gasteiger partial charge in [-0.05, 0) is 56.7 Å². The second-order valence-corrected chi connectivity index (χ2v) is 7.27. The first kappa shape index (κ1) is 17.4. The number of aliphatic hydroxyl groups is 2. The van der Waals surface area contributed by atoms with Crippen molar-refractivity contribution in [2.75, 3.05) is 26.2 Å². The Bertz CT molecular complexity index is 537. The average molecular weight is 332 g/mol. The summed E-state index contributed by atoms with van der Waals surface area (Å²) in [6.45, 7) is 3.18. The minimum absolute atomic E-state index is 0.198. The Morgan fingerprint density at radius 2 is 1.92 bits per heavy atom. The van der Waals surface area contributed by atoms with Crippen LogP contribution in [0.2, 0.25) is 0 Å². The Kier molecular flexibility index (Phi) is 5.54. The second-order valence-electron chi connectivity index (χ2n) is 7.27. The van der Waals surface area contributed by atoms with Crippen LogP contribution in [-0.4, -0.2) is 52.8 Å². The van der Waals surface area contributed by atoms with E-state index in [1.54, 1.807) is 0 Å². The van der Waals surface area contributed by atoms with Gasteiger partial charge in [-0.15, -0.1) is 0 Å². The number of aliphatic hydroxyl groups excluding tert-OH is 1. The molecule has 1 heterocycles. The Balaban J connectivity index is 1.37. The van der Waals surface area contributed by atoms with Crippen LogP contribution in [-0.2, 0) is 4.79 Å². The van der Waals surface area contributed by atoms with E-state index < -0.39 is 11.7 Å². The summed E-state index contributed by atoms with van der Waals surface area (Å²) in [6, 6.07) is 9.76. The van der Waals surface area contributed by atoms with Gasteiger partial charge in [-0.25, -0.2) is 0 Å². The van der Waals surface area contributed by atoms with Gasteiger partial charge in [0.2, 0.25) is 0 Å². The molecule has 1 amide bonds. The SMILES string of the molecule is O=C(NCC1CCN(C[C@@H](O)c2ccccc2)CC1)C1(O)CCC1. The molecule has 1 atom stereocenters. The van der Waals surface area contributed by atoms with Gasteiger partial charge in [0.05, 0.1) is 6.10 Å². The van der Waals surface area contributed by atoms with Crippen LogP contribution < -0.4 is 5.32 Å². The molecule has 1 aromatic carbocycles. The lowest BCUT2D eigenvalue weighted by atomic mass is 9.79. The van der Waals surface area contributed by atoms with Crippen LogP contribution in [0.1, 0.15) is 43.8 Å². The Labute approximate surface area is 143 Å². The van der Waals surface area contributed by atoms with E-state index in [0.29, 0.717) is 31.8 Å². The molecule has 2 fully saturated rings. The second kappa shape index (κ2) is 7.64. The number of nitrogens with zero attached hydrogens (tertiary/aromatic N) is 1. The fraction of sp³-hybridized carbons (Fsp3) is 0.632. The third kappa shape index (κ3) is 4.15. The van der Waals surface area contributed by atoms with Crippen molar-refractivity contribution in [3.8, 4) is 0 Å². The van der Waals surface area contributed by atoms with Gasteiger partial charge in [-0.2, -0.15) is 0 Å². The minimum atomic E-state index is -1.10. The highest BCUT2D eigenvalue weighted by molar-refractivity contribution is 5.85. The number of amides is 1. The molecule has 5 heteroatoms. The molecule has 0 bridgehead atoms. The van der Waals surface area contributed by atoms with Crippen LogP contribution >= 0.6 is 0 Å². The van der Waals surface area contributed by atoms with E-state index in [9.17, 15) is 15.0 Å². The molecule has 0 spiro atoms. The molecule has 0 aromatic heterocycles. The molecule has 2 aliphatic rings. The zero-order valence-electron chi connectivity index (χ0n) is 14.2. The number of hydrogen-bond acceptors (Lipinski definition) is 4. The molecule has 1 aromatic rings. The lowest BCUT2D eigenvalue weighted by Crippen LogP contribution is -2.53. The molecule has 0 unspecified atom stereocenters. The molecule has 5 nitrogen and oxygen atoms in total. The summed E-state index contributed by atoms with van der Waals surface area (Å²) >= 11 is 0. The summed E-state index contributed by atoms with van der Waals surface area (Å²) in [4.78, 5) is 14.2. The number of likely N-dealkylation sites (tertiary alicyclic amines) is 1. The van der Waals surface area contributed by atoms with Gasteiger partial charge < -0.3 is 20.4 Å². The first-order valence-corrected chi connectivity index (χ1v) is 9.03. The van der Waals surface area contributed by atoms with Gasteiger partial charge in [-0.3, -0.25) is 4.79 Å². The predicted molar refractivity (Wildman–Crippen MR) is 92.4 cm³/mol. The normalized spacial score (nSPS) is 22.6. The van der Waals surface area contributed by atoms with Crippen molar-refractivity contribution in [1.29, 1.82) is 0 Å². The van der Waals surface area contributed by atoms with Crippen molar-refractivity contribution in [2.45, 2.75) is 43.8 Å². The highest BCUT2D eigenvalue weighted by Gasteiger charge is 2.41.